The minimum absolute atomic E-state index is 0.00370. The van der Waals surface area contributed by atoms with Crippen LogP contribution in [0.3, 0.4) is 0 Å². The highest BCUT2D eigenvalue weighted by molar-refractivity contribution is 6.04. The van der Waals surface area contributed by atoms with E-state index in [1.54, 1.807) is 0 Å². The van der Waals surface area contributed by atoms with Crippen molar-refractivity contribution in [1.82, 2.24) is 15.3 Å². The van der Waals surface area contributed by atoms with E-state index in [-0.39, 0.29) is 18.1 Å². The molecule has 52 heavy (non-hydrogen) atoms. The Hall–Kier alpha value is -4.24. The largest absolute Gasteiger partial charge is 0.390 e. The molecule has 0 unspecified atom stereocenters. The number of Topliss-reactive ketones (excluding diaryl/α,β-unsaturated/α-hetero) is 1. The van der Waals surface area contributed by atoms with Crippen molar-refractivity contribution in [1.29, 1.82) is 0 Å². The summed E-state index contributed by atoms with van der Waals surface area (Å²) < 4.78 is 0. The number of benzene rings is 2. The average Bonchev–Trinajstić information content (AvgIpc) is 3.91. The zero-order valence-electron chi connectivity index (χ0n) is 30.4. The van der Waals surface area contributed by atoms with E-state index in [2.05, 4.69) is 39.7 Å². The standard InChI is InChI=1S/C44H50N4O4/c1-27-31(20-41(49)39-21-37(30-13-14-30)33(25-46-39)23-45-26-44(52)18-19-44)6-3-8-34(27)35-9-4-10-38(28(35)2)48-42(50)40-22-36(29-11-12-29)32(24-47-40)7-5-15-43(51)16-17-43/h3-4,6,8-10,21-22,24-25,29-30,45,51-52H,5,7,11-20,23,26H2,1-2H3,(H,48,50). The van der Waals surface area contributed by atoms with Gasteiger partial charge in [0.05, 0.1) is 11.2 Å². The van der Waals surface area contributed by atoms with E-state index >= 15 is 0 Å². The summed E-state index contributed by atoms with van der Waals surface area (Å²) in [6, 6.07) is 16.0. The van der Waals surface area contributed by atoms with Gasteiger partial charge in [-0.3, -0.25) is 19.6 Å². The molecule has 8 rings (SSSR count). The van der Waals surface area contributed by atoms with Crippen LogP contribution in [-0.2, 0) is 19.4 Å². The van der Waals surface area contributed by atoms with Crippen molar-refractivity contribution in [2.45, 2.75) is 120 Å². The molecule has 2 aromatic carbocycles. The summed E-state index contributed by atoms with van der Waals surface area (Å²) in [6.07, 6.45) is 14.7. The molecule has 0 aliphatic heterocycles. The van der Waals surface area contributed by atoms with Crippen LogP contribution >= 0.6 is 0 Å². The third kappa shape index (κ3) is 7.89. The summed E-state index contributed by atoms with van der Waals surface area (Å²) in [5.74, 6) is 0.739. The van der Waals surface area contributed by atoms with Gasteiger partial charge < -0.3 is 20.8 Å². The van der Waals surface area contributed by atoms with Crippen molar-refractivity contribution < 1.29 is 19.8 Å². The fraction of sp³-hybridized carbons (Fsp3) is 0.455. The molecule has 0 radical (unpaired) electrons. The summed E-state index contributed by atoms with van der Waals surface area (Å²) in [5, 5.41) is 27.0. The van der Waals surface area contributed by atoms with Crippen LogP contribution in [0.25, 0.3) is 11.1 Å². The van der Waals surface area contributed by atoms with Crippen molar-refractivity contribution in [3.8, 4) is 11.1 Å². The maximum absolute atomic E-state index is 13.7. The number of rotatable bonds is 16. The van der Waals surface area contributed by atoms with E-state index in [1.807, 2.05) is 55.7 Å². The van der Waals surface area contributed by atoms with Crippen LogP contribution in [0.2, 0.25) is 0 Å². The highest BCUT2D eigenvalue weighted by Crippen LogP contribution is 2.44. The number of ketones is 1. The lowest BCUT2D eigenvalue weighted by Crippen LogP contribution is -2.28. The number of carbonyl (C=O) groups is 2. The summed E-state index contributed by atoms with van der Waals surface area (Å²) in [7, 11) is 0. The first-order valence-electron chi connectivity index (χ1n) is 19.2. The number of amides is 1. The number of hydrogen-bond donors (Lipinski definition) is 4. The highest BCUT2D eigenvalue weighted by Gasteiger charge is 2.40. The number of carbonyl (C=O) groups excluding carboxylic acids is 2. The number of pyridine rings is 2. The second-order valence-corrected chi connectivity index (χ2v) is 16.1. The molecule has 0 saturated heterocycles. The van der Waals surface area contributed by atoms with Crippen molar-refractivity contribution in [2.75, 3.05) is 11.9 Å². The molecule has 4 saturated carbocycles. The van der Waals surface area contributed by atoms with Gasteiger partial charge in [-0.15, -0.1) is 0 Å². The predicted octanol–water partition coefficient (Wildman–Crippen LogP) is 7.66. The molecule has 4 fully saturated rings. The molecule has 8 heteroatoms. The molecule has 0 spiro atoms. The van der Waals surface area contributed by atoms with Crippen LogP contribution in [0.15, 0.2) is 60.9 Å². The first kappa shape index (κ1) is 34.8. The van der Waals surface area contributed by atoms with E-state index in [4.69, 9.17) is 0 Å². The second-order valence-electron chi connectivity index (χ2n) is 16.1. The highest BCUT2D eigenvalue weighted by atomic mass is 16.3. The quantitative estimate of drug-likeness (QED) is 0.0887. The first-order valence-corrected chi connectivity index (χ1v) is 19.2. The molecule has 2 heterocycles. The first-order chi connectivity index (χ1) is 25.1. The van der Waals surface area contributed by atoms with Crippen molar-refractivity contribution in [3.63, 3.8) is 0 Å². The number of aromatic nitrogens is 2. The van der Waals surface area contributed by atoms with Gasteiger partial charge in [-0.05, 0) is 165 Å². The third-order valence-electron chi connectivity index (χ3n) is 11.8. The maximum atomic E-state index is 13.7. The maximum Gasteiger partial charge on any atom is 0.274 e. The van der Waals surface area contributed by atoms with Gasteiger partial charge in [0.2, 0.25) is 0 Å². The molecule has 270 valence electrons. The van der Waals surface area contributed by atoms with E-state index < -0.39 is 11.2 Å². The van der Waals surface area contributed by atoms with Gasteiger partial charge in [0.25, 0.3) is 5.91 Å². The fourth-order valence-electron chi connectivity index (χ4n) is 7.61. The van der Waals surface area contributed by atoms with Crippen LogP contribution in [0.5, 0.6) is 0 Å². The van der Waals surface area contributed by atoms with Gasteiger partial charge in [-0.1, -0.05) is 30.3 Å². The smallest absolute Gasteiger partial charge is 0.274 e. The van der Waals surface area contributed by atoms with E-state index in [0.717, 1.165) is 110 Å². The number of anilines is 1. The van der Waals surface area contributed by atoms with E-state index in [0.29, 0.717) is 36.3 Å². The van der Waals surface area contributed by atoms with Gasteiger partial charge in [-0.2, -0.15) is 0 Å². The Bertz CT molecular complexity index is 1880. The molecule has 4 N–H and O–H groups in total. The minimum atomic E-state index is -0.547. The second kappa shape index (κ2) is 14.0. The van der Waals surface area contributed by atoms with Crippen molar-refractivity contribution in [2.24, 2.45) is 0 Å². The van der Waals surface area contributed by atoms with Gasteiger partial charge >= 0.3 is 0 Å². The molecule has 4 aliphatic rings. The van der Waals surface area contributed by atoms with Crippen LogP contribution < -0.4 is 10.6 Å². The minimum Gasteiger partial charge on any atom is -0.390 e. The lowest BCUT2D eigenvalue weighted by molar-refractivity contribution is 0.0986. The lowest BCUT2D eigenvalue weighted by atomic mass is 9.90. The number of aliphatic hydroxyl groups is 2. The zero-order valence-corrected chi connectivity index (χ0v) is 30.4. The van der Waals surface area contributed by atoms with Crippen molar-refractivity contribution >= 4 is 17.4 Å². The SMILES string of the molecule is Cc1c(CC(=O)c2cc(C3CC3)c(CNCC3(O)CC3)cn2)cccc1-c1cccc(NC(=O)c2cc(C3CC3)c(CCCC3(O)CC3)cn2)c1C. The van der Waals surface area contributed by atoms with Gasteiger partial charge in [-0.25, -0.2) is 0 Å². The summed E-state index contributed by atoms with van der Waals surface area (Å²) in [6.45, 7) is 5.31. The summed E-state index contributed by atoms with van der Waals surface area (Å²) in [5.41, 5.74) is 10.4. The Morgan fingerprint density at radius 1 is 0.769 bits per heavy atom. The fourth-order valence-corrected chi connectivity index (χ4v) is 7.61. The zero-order chi connectivity index (χ0) is 36.0. The third-order valence-corrected chi connectivity index (χ3v) is 11.8. The summed E-state index contributed by atoms with van der Waals surface area (Å²) >= 11 is 0. The summed E-state index contributed by atoms with van der Waals surface area (Å²) in [4.78, 5) is 36.4. The molecular formula is C44H50N4O4. The van der Waals surface area contributed by atoms with Gasteiger partial charge in [0.1, 0.15) is 11.4 Å². The van der Waals surface area contributed by atoms with Crippen LogP contribution in [0.1, 0.15) is 136 Å². The Kier molecular flexibility index (Phi) is 9.35. The number of nitrogens with zero attached hydrogens (tertiary/aromatic N) is 2. The molecule has 0 bridgehead atoms. The Morgan fingerprint density at radius 2 is 1.38 bits per heavy atom. The van der Waals surface area contributed by atoms with Crippen LogP contribution in [-0.4, -0.2) is 49.6 Å². The number of hydrogen-bond acceptors (Lipinski definition) is 7. The van der Waals surface area contributed by atoms with Crippen LogP contribution in [0.4, 0.5) is 5.69 Å². The molecular weight excluding hydrogens is 649 g/mol. The average molecular weight is 699 g/mol. The molecule has 1 amide bonds. The van der Waals surface area contributed by atoms with E-state index in [9.17, 15) is 19.8 Å². The predicted molar refractivity (Wildman–Crippen MR) is 203 cm³/mol. The van der Waals surface area contributed by atoms with Crippen LogP contribution in [0, 0.1) is 13.8 Å². The molecule has 2 aromatic heterocycles. The Balaban J connectivity index is 0.958. The number of aryl methyl sites for hydroxylation is 1. The normalized spacial score (nSPS) is 18.2. The Labute approximate surface area is 306 Å². The van der Waals surface area contributed by atoms with Crippen molar-refractivity contribution in [3.05, 3.63) is 111 Å². The van der Waals surface area contributed by atoms with E-state index in [1.165, 1.54) is 16.7 Å². The molecule has 0 atom stereocenters. The lowest BCUT2D eigenvalue weighted by Gasteiger charge is -2.17. The Morgan fingerprint density at radius 3 is 2.08 bits per heavy atom. The number of nitrogens with one attached hydrogen (secondary N) is 2. The van der Waals surface area contributed by atoms with Gasteiger partial charge in [0, 0.05) is 37.6 Å². The van der Waals surface area contributed by atoms with Gasteiger partial charge in [0.15, 0.2) is 5.78 Å². The molecule has 8 nitrogen and oxygen atoms in total. The molecule has 4 aromatic rings. The monoisotopic (exact) mass is 698 g/mol. The molecule has 4 aliphatic carbocycles. The topological polar surface area (TPSA) is 124 Å².